The van der Waals surface area contributed by atoms with Crippen LogP contribution in [-0.2, 0) is 27.3 Å². The first-order valence-electron chi connectivity index (χ1n) is 10.3. The van der Waals surface area contributed by atoms with E-state index in [1.54, 1.807) is 35.8 Å². The van der Waals surface area contributed by atoms with Crippen LogP contribution < -0.4 is 5.32 Å². The Balaban J connectivity index is 1.64. The van der Waals surface area contributed by atoms with Crippen molar-refractivity contribution in [2.75, 3.05) is 11.9 Å². The molecule has 170 valence electrons. The van der Waals surface area contributed by atoms with E-state index in [1.165, 1.54) is 24.3 Å². The number of nitrogens with one attached hydrogen (secondary N) is 1. The molecule has 3 rings (SSSR count). The number of amides is 1. The molecule has 0 fully saturated rings. The van der Waals surface area contributed by atoms with Gasteiger partial charge in [0.15, 0.2) is 6.61 Å². The summed E-state index contributed by atoms with van der Waals surface area (Å²) in [6.07, 6.45) is 0.403. The Hall–Kier alpha value is -3.99. The minimum absolute atomic E-state index is 0.0432. The van der Waals surface area contributed by atoms with Crippen LogP contribution in [0, 0.1) is 36.8 Å². The molecule has 0 aliphatic carbocycles. The normalized spacial score (nSPS) is 10.5. The summed E-state index contributed by atoms with van der Waals surface area (Å²) in [5, 5.41) is 12.3. The summed E-state index contributed by atoms with van der Waals surface area (Å²) in [4.78, 5) is 24.5. The van der Waals surface area contributed by atoms with Crippen LogP contribution in [0.25, 0.3) is 0 Å². The maximum atomic E-state index is 13.2. The van der Waals surface area contributed by atoms with Crippen LogP contribution in [0.2, 0.25) is 0 Å². The minimum atomic E-state index is -0.584. The maximum Gasteiger partial charge on any atom is 0.306 e. The molecule has 0 radical (unpaired) electrons. The Bertz CT molecular complexity index is 1190. The number of hydrogen-bond acceptors (Lipinski definition) is 4. The van der Waals surface area contributed by atoms with Crippen LogP contribution in [0.5, 0.6) is 0 Å². The van der Waals surface area contributed by atoms with Gasteiger partial charge in [-0.05, 0) is 61.2 Å². The van der Waals surface area contributed by atoms with Crippen molar-refractivity contribution in [3.63, 3.8) is 0 Å². The Kier molecular flexibility index (Phi) is 7.57. The summed E-state index contributed by atoms with van der Waals surface area (Å²) >= 11 is 0. The first-order valence-corrected chi connectivity index (χ1v) is 10.3. The van der Waals surface area contributed by atoms with Crippen molar-refractivity contribution in [1.29, 1.82) is 5.26 Å². The van der Waals surface area contributed by atoms with Crippen molar-refractivity contribution in [1.82, 2.24) is 4.57 Å². The Morgan fingerprint density at radius 1 is 1.00 bits per heavy atom. The molecular weight excluding hydrogens is 428 g/mol. The zero-order valence-corrected chi connectivity index (χ0v) is 18.3. The quantitative estimate of drug-likeness (QED) is 0.514. The SMILES string of the molecule is Cc1c(C#N)c(NC(=O)COC(=O)CCc2ccc(F)cc2)n(Cc2ccc(F)cc2)c1C. The van der Waals surface area contributed by atoms with Gasteiger partial charge in [0, 0.05) is 18.7 Å². The van der Waals surface area contributed by atoms with E-state index in [4.69, 9.17) is 4.74 Å². The van der Waals surface area contributed by atoms with Gasteiger partial charge in [-0.2, -0.15) is 5.26 Å². The Morgan fingerprint density at radius 2 is 1.58 bits per heavy atom. The van der Waals surface area contributed by atoms with Gasteiger partial charge in [0.1, 0.15) is 23.5 Å². The van der Waals surface area contributed by atoms with Gasteiger partial charge in [-0.15, -0.1) is 0 Å². The molecule has 1 aromatic heterocycles. The number of anilines is 1. The third-order valence-corrected chi connectivity index (χ3v) is 5.35. The molecule has 6 nitrogen and oxygen atoms in total. The number of aryl methyl sites for hydroxylation is 1. The highest BCUT2D eigenvalue weighted by atomic mass is 19.1. The highest BCUT2D eigenvalue weighted by Crippen LogP contribution is 2.27. The lowest BCUT2D eigenvalue weighted by atomic mass is 10.1. The lowest BCUT2D eigenvalue weighted by Gasteiger charge is -2.13. The van der Waals surface area contributed by atoms with E-state index < -0.39 is 18.5 Å². The van der Waals surface area contributed by atoms with Gasteiger partial charge in [-0.1, -0.05) is 24.3 Å². The summed E-state index contributed by atoms with van der Waals surface area (Å²) in [6, 6.07) is 13.8. The van der Waals surface area contributed by atoms with Crippen LogP contribution in [0.1, 0.15) is 34.4 Å². The molecule has 33 heavy (non-hydrogen) atoms. The second-order valence-corrected chi connectivity index (χ2v) is 7.59. The number of carbonyl (C=O) groups is 2. The van der Waals surface area contributed by atoms with E-state index in [1.807, 2.05) is 6.92 Å². The van der Waals surface area contributed by atoms with E-state index in [2.05, 4.69) is 11.4 Å². The Morgan fingerprint density at radius 3 is 2.15 bits per heavy atom. The van der Waals surface area contributed by atoms with Crippen molar-refractivity contribution in [2.24, 2.45) is 0 Å². The molecule has 1 amide bonds. The topological polar surface area (TPSA) is 84.1 Å². The predicted molar refractivity (Wildman–Crippen MR) is 118 cm³/mol. The third-order valence-electron chi connectivity index (χ3n) is 5.35. The molecular formula is C25H23F2N3O3. The van der Waals surface area contributed by atoms with E-state index in [0.29, 0.717) is 29.9 Å². The Labute approximate surface area is 190 Å². The number of esters is 1. The molecule has 0 aliphatic rings. The standard InChI is InChI=1S/C25H23F2N3O3/c1-16-17(2)30(14-19-5-10-21(27)11-6-19)25(22(16)13-28)29-23(31)15-33-24(32)12-7-18-3-8-20(26)9-4-18/h3-6,8-11H,7,12,14-15H2,1-2H3,(H,29,31). The largest absolute Gasteiger partial charge is 0.456 e. The molecule has 0 aliphatic heterocycles. The van der Waals surface area contributed by atoms with Gasteiger partial charge in [0.2, 0.25) is 0 Å². The van der Waals surface area contributed by atoms with Gasteiger partial charge in [-0.3, -0.25) is 9.59 Å². The molecule has 0 bridgehead atoms. The molecule has 2 aromatic carbocycles. The van der Waals surface area contributed by atoms with E-state index in [0.717, 1.165) is 16.8 Å². The molecule has 3 aromatic rings. The molecule has 0 spiro atoms. The van der Waals surface area contributed by atoms with Crippen LogP contribution in [0.4, 0.5) is 14.6 Å². The van der Waals surface area contributed by atoms with Gasteiger partial charge in [0.05, 0.1) is 5.56 Å². The van der Waals surface area contributed by atoms with E-state index in [-0.39, 0.29) is 18.1 Å². The minimum Gasteiger partial charge on any atom is -0.456 e. The lowest BCUT2D eigenvalue weighted by molar-refractivity contribution is -0.147. The monoisotopic (exact) mass is 451 g/mol. The maximum absolute atomic E-state index is 13.2. The third kappa shape index (κ3) is 6.04. The number of rotatable bonds is 8. The fraction of sp³-hybridized carbons (Fsp3) is 0.240. The molecule has 1 heterocycles. The highest BCUT2D eigenvalue weighted by Gasteiger charge is 2.20. The van der Waals surface area contributed by atoms with E-state index in [9.17, 15) is 23.6 Å². The smallest absolute Gasteiger partial charge is 0.306 e. The van der Waals surface area contributed by atoms with Gasteiger partial charge in [-0.25, -0.2) is 8.78 Å². The number of ether oxygens (including phenoxy) is 1. The zero-order valence-electron chi connectivity index (χ0n) is 18.3. The van der Waals surface area contributed by atoms with Crippen LogP contribution >= 0.6 is 0 Å². The molecule has 0 saturated heterocycles. The predicted octanol–water partition coefficient (Wildman–Crippen LogP) is 4.42. The van der Waals surface area contributed by atoms with Crippen LogP contribution in [-0.4, -0.2) is 23.1 Å². The zero-order chi connectivity index (χ0) is 24.0. The average molecular weight is 451 g/mol. The summed E-state index contributed by atoms with van der Waals surface area (Å²) in [7, 11) is 0. The molecule has 0 atom stereocenters. The first-order chi connectivity index (χ1) is 15.8. The molecule has 0 saturated carbocycles. The first kappa shape index (κ1) is 23.7. The van der Waals surface area contributed by atoms with Gasteiger partial charge >= 0.3 is 5.97 Å². The summed E-state index contributed by atoms with van der Waals surface area (Å²) in [5.41, 5.74) is 3.38. The average Bonchev–Trinajstić information content (AvgIpc) is 3.02. The molecule has 1 N–H and O–H groups in total. The van der Waals surface area contributed by atoms with Gasteiger partial charge < -0.3 is 14.6 Å². The second-order valence-electron chi connectivity index (χ2n) is 7.59. The molecule has 0 unspecified atom stereocenters. The lowest BCUT2D eigenvalue weighted by Crippen LogP contribution is -2.23. The van der Waals surface area contributed by atoms with Crippen LogP contribution in [0.3, 0.4) is 0 Å². The fourth-order valence-electron chi connectivity index (χ4n) is 3.38. The van der Waals surface area contributed by atoms with Crippen molar-refractivity contribution >= 4 is 17.7 Å². The number of carbonyl (C=O) groups excluding carboxylic acids is 2. The number of nitriles is 1. The fourth-order valence-corrected chi connectivity index (χ4v) is 3.38. The number of halogens is 2. The van der Waals surface area contributed by atoms with Gasteiger partial charge in [0.25, 0.3) is 5.91 Å². The summed E-state index contributed by atoms with van der Waals surface area (Å²) in [5.74, 6) is -1.57. The number of nitrogens with zero attached hydrogens (tertiary/aromatic N) is 2. The summed E-state index contributed by atoms with van der Waals surface area (Å²) < 4.78 is 33.0. The number of hydrogen-bond donors (Lipinski definition) is 1. The van der Waals surface area contributed by atoms with Crippen LogP contribution in [0.15, 0.2) is 48.5 Å². The summed E-state index contributed by atoms with van der Waals surface area (Å²) in [6.45, 7) is 3.42. The van der Waals surface area contributed by atoms with Crippen molar-refractivity contribution < 1.29 is 23.1 Å². The van der Waals surface area contributed by atoms with E-state index >= 15 is 0 Å². The van der Waals surface area contributed by atoms with Crippen molar-refractivity contribution in [3.05, 3.63) is 88.1 Å². The highest BCUT2D eigenvalue weighted by molar-refractivity contribution is 5.93. The number of benzene rings is 2. The number of aromatic nitrogens is 1. The molecule has 8 heteroatoms. The van der Waals surface area contributed by atoms with Crippen molar-refractivity contribution in [2.45, 2.75) is 33.2 Å². The second kappa shape index (κ2) is 10.6. The van der Waals surface area contributed by atoms with Crippen molar-refractivity contribution in [3.8, 4) is 6.07 Å².